The van der Waals surface area contributed by atoms with Gasteiger partial charge in [-0.05, 0) is 13.8 Å². The third-order valence-corrected chi connectivity index (χ3v) is 3.98. The molecule has 1 saturated heterocycles. The zero-order valence-corrected chi connectivity index (χ0v) is 14.9. The van der Waals surface area contributed by atoms with Crippen molar-refractivity contribution >= 4 is 23.7 Å². The van der Waals surface area contributed by atoms with Crippen LogP contribution in [0.5, 0.6) is 0 Å². The van der Waals surface area contributed by atoms with Crippen molar-refractivity contribution in [1.29, 1.82) is 0 Å². The highest BCUT2D eigenvalue weighted by molar-refractivity contribution is 5.91. The van der Waals surface area contributed by atoms with Crippen LogP contribution in [-0.2, 0) is 14.3 Å². The average Bonchev–Trinajstić information content (AvgIpc) is 3.01. The van der Waals surface area contributed by atoms with Crippen LogP contribution < -0.4 is 4.90 Å². The maximum atomic E-state index is 12.4. The summed E-state index contributed by atoms with van der Waals surface area (Å²) in [7, 11) is 0. The van der Waals surface area contributed by atoms with Crippen molar-refractivity contribution in [3.8, 4) is 0 Å². The Kier molecular flexibility index (Phi) is 6.37. The lowest BCUT2D eigenvalue weighted by atomic mass is 10.2. The van der Waals surface area contributed by atoms with E-state index in [1.165, 1.54) is 11.8 Å². The average molecular weight is 352 g/mol. The molecular weight excluding hydrogens is 328 g/mol. The lowest BCUT2D eigenvalue weighted by molar-refractivity contribution is -0.132. The van der Waals surface area contributed by atoms with Gasteiger partial charge in [0.2, 0.25) is 11.8 Å². The molecule has 1 fully saturated rings. The maximum Gasteiger partial charge on any atom is 0.409 e. The molecule has 1 aliphatic rings. The fourth-order valence-electron chi connectivity index (χ4n) is 2.63. The Morgan fingerprint density at radius 2 is 1.88 bits per heavy atom. The maximum absolute atomic E-state index is 12.4. The molecule has 1 aromatic rings. The quantitative estimate of drug-likeness (QED) is 0.785. The normalized spacial score (nSPS) is 14.4. The Balaban J connectivity index is 1.84. The standard InChI is InChI=1S/C16H24N4O5/c1-4-24-16(23)19-9-7-18(8-10-19)15(22)5-6-20(13(3)21)14-11-12(2)25-17-14/h11H,4-10H2,1-3H3. The Morgan fingerprint density at radius 1 is 1.24 bits per heavy atom. The monoisotopic (exact) mass is 352 g/mol. The van der Waals surface area contributed by atoms with Crippen LogP contribution in [0.2, 0.25) is 0 Å². The van der Waals surface area contributed by atoms with Crippen LogP contribution in [0.3, 0.4) is 0 Å². The van der Waals surface area contributed by atoms with E-state index in [2.05, 4.69) is 5.16 Å². The van der Waals surface area contributed by atoms with Crippen LogP contribution in [0.4, 0.5) is 10.6 Å². The van der Waals surface area contributed by atoms with E-state index in [0.29, 0.717) is 44.4 Å². The number of carbonyl (C=O) groups is 3. The first-order valence-corrected chi connectivity index (χ1v) is 8.33. The Morgan fingerprint density at radius 3 is 2.40 bits per heavy atom. The molecule has 0 atom stereocenters. The molecule has 2 rings (SSSR count). The van der Waals surface area contributed by atoms with E-state index in [4.69, 9.17) is 9.26 Å². The van der Waals surface area contributed by atoms with Gasteiger partial charge in [0.15, 0.2) is 5.82 Å². The summed E-state index contributed by atoms with van der Waals surface area (Å²) >= 11 is 0. The summed E-state index contributed by atoms with van der Waals surface area (Å²) in [5.41, 5.74) is 0. The molecular formula is C16H24N4O5. The van der Waals surface area contributed by atoms with Crippen LogP contribution >= 0.6 is 0 Å². The number of aryl methyl sites for hydroxylation is 1. The molecule has 3 amide bonds. The topological polar surface area (TPSA) is 96.2 Å². The predicted octanol–water partition coefficient (Wildman–Crippen LogP) is 1.03. The number of carbonyl (C=O) groups excluding carboxylic acids is 3. The van der Waals surface area contributed by atoms with Crippen molar-refractivity contribution in [3.63, 3.8) is 0 Å². The fraction of sp³-hybridized carbons (Fsp3) is 0.625. The summed E-state index contributed by atoms with van der Waals surface area (Å²) in [5, 5.41) is 3.82. The van der Waals surface area contributed by atoms with Gasteiger partial charge in [-0.15, -0.1) is 0 Å². The Hall–Kier alpha value is -2.58. The molecule has 0 N–H and O–H groups in total. The molecule has 0 aliphatic carbocycles. The molecule has 2 heterocycles. The molecule has 0 aromatic carbocycles. The Bertz CT molecular complexity index is 622. The van der Waals surface area contributed by atoms with Crippen LogP contribution in [0, 0.1) is 6.92 Å². The van der Waals surface area contributed by atoms with Crippen molar-refractivity contribution in [2.24, 2.45) is 0 Å². The van der Waals surface area contributed by atoms with Gasteiger partial charge in [-0.3, -0.25) is 14.5 Å². The number of amides is 3. The van der Waals surface area contributed by atoms with E-state index in [-0.39, 0.29) is 30.9 Å². The van der Waals surface area contributed by atoms with E-state index in [1.807, 2.05) is 0 Å². The van der Waals surface area contributed by atoms with Gasteiger partial charge in [0.1, 0.15) is 5.76 Å². The molecule has 0 radical (unpaired) electrons. The molecule has 0 saturated carbocycles. The zero-order valence-electron chi connectivity index (χ0n) is 14.9. The van der Waals surface area contributed by atoms with Gasteiger partial charge in [0, 0.05) is 52.1 Å². The number of aromatic nitrogens is 1. The molecule has 9 heteroatoms. The number of anilines is 1. The fourth-order valence-corrected chi connectivity index (χ4v) is 2.63. The number of rotatable bonds is 5. The van der Waals surface area contributed by atoms with Crippen LogP contribution in [0.25, 0.3) is 0 Å². The summed E-state index contributed by atoms with van der Waals surface area (Å²) in [6, 6.07) is 1.66. The van der Waals surface area contributed by atoms with Gasteiger partial charge in [-0.1, -0.05) is 5.16 Å². The van der Waals surface area contributed by atoms with Gasteiger partial charge in [-0.25, -0.2) is 4.79 Å². The van der Waals surface area contributed by atoms with E-state index >= 15 is 0 Å². The van der Waals surface area contributed by atoms with Crippen molar-refractivity contribution in [1.82, 2.24) is 15.0 Å². The Labute approximate surface area is 146 Å². The van der Waals surface area contributed by atoms with E-state index in [0.717, 1.165) is 0 Å². The zero-order chi connectivity index (χ0) is 18.4. The third-order valence-electron chi connectivity index (χ3n) is 3.98. The van der Waals surface area contributed by atoms with E-state index < -0.39 is 0 Å². The number of hydrogen-bond donors (Lipinski definition) is 0. The van der Waals surface area contributed by atoms with Crippen LogP contribution in [0.1, 0.15) is 26.0 Å². The van der Waals surface area contributed by atoms with Crippen molar-refractivity contribution < 1.29 is 23.6 Å². The minimum absolute atomic E-state index is 0.0602. The minimum atomic E-state index is -0.348. The molecule has 0 bridgehead atoms. The van der Waals surface area contributed by atoms with Crippen molar-refractivity contribution in [2.45, 2.75) is 27.2 Å². The number of ether oxygens (including phenoxy) is 1. The second kappa shape index (κ2) is 8.50. The molecule has 138 valence electrons. The van der Waals surface area contributed by atoms with Crippen molar-refractivity contribution in [3.05, 3.63) is 11.8 Å². The number of piperazine rings is 1. The third kappa shape index (κ3) is 4.94. The predicted molar refractivity (Wildman–Crippen MR) is 89.1 cm³/mol. The molecule has 1 aliphatic heterocycles. The van der Waals surface area contributed by atoms with Gasteiger partial charge in [0.05, 0.1) is 6.61 Å². The van der Waals surface area contributed by atoms with Gasteiger partial charge in [-0.2, -0.15) is 0 Å². The summed E-state index contributed by atoms with van der Waals surface area (Å²) in [6.07, 6.45) is -0.163. The second-order valence-electron chi connectivity index (χ2n) is 5.78. The molecule has 0 spiro atoms. The lowest BCUT2D eigenvalue weighted by Crippen LogP contribution is -2.51. The SMILES string of the molecule is CCOC(=O)N1CCN(C(=O)CCN(C(C)=O)c2cc(C)on2)CC1. The van der Waals surface area contributed by atoms with Crippen LogP contribution in [-0.4, -0.2) is 72.2 Å². The summed E-state index contributed by atoms with van der Waals surface area (Å²) in [4.78, 5) is 40.5. The first kappa shape index (κ1) is 18.8. The highest BCUT2D eigenvalue weighted by atomic mass is 16.6. The number of nitrogens with zero attached hydrogens (tertiary/aromatic N) is 4. The van der Waals surface area contributed by atoms with Gasteiger partial charge >= 0.3 is 6.09 Å². The van der Waals surface area contributed by atoms with Crippen molar-refractivity contribution in [2.75, 3.05) is 44.2 Å². The second-order valence-corrected chi connectivity index (χ2v) is 5.78. The van der Waals surface area contributed by atoms with Crippen LogP contribution in [0.15, 0.2) is 10.6 Å². The summed E-state index contributed by atoms with van der Waals surface area (Å²) < 4.78 is 9.94. The first-order chi connectivity index (χ1) is 11.9. The molecule has 0 unspecified atom stereocenters. The molecule has 25 heavy (non-hydrogen) atoms. The lowest BCUT2D eigenvalue weighted by Gasteiger charge is -2.34. The molecule has 1 aromatic heterocycles. The first-order valence-electron chi connectivity index (χ1n) is 8.33. The highest BCUT2D eigenvalue weighted by Gasteiger charge is 2.25. The smallest absolute Gasteiger partial charge is 0.409 e. The molecule has 9 nitrogen and oxygen atoms in total. The highest BCUT2D eigenvalue weighted by Crippen LogP contribution is 2.15. The van der Waals surface area contributed by atoms with Gasteiger partial charge < -0.3 is 19.1 Å². The number of hydrogen-bond acceptors (Lipinski definition) is 6. The minimum Gasteiger partial charge on any atom is -0.450 e. The summed E-state index contributed by atoms with van der Waals surface area (Å²) in [5.74, 6) is 0.746. The van der Waals surface area contributed by atoms with Gasteiger partial charge in [0.25, 0.3) is 0 Å². The van der Waals surface area contributed by atoms with E-state index in [9.17, 15) is 14.4 Å². The largest absolute Gasteiger partial charge is 0.450 e. The summed E-state index contributed by atoms with van der Waals surface area (Å²) in [6.45, 7) is 7.30. The van der Waals surface area contributed by atoms with E-state index in [1.54, 1.807) is 29.7 Å².